The molecule has 192 valence electrons. The number of hydrazine groups is 1. The summed E-state index contributed by atoms with van der Waals surface area (Å²) >= 11 is 5.93. The Labute approximate surface area is 219 Å². The number of benzene rings is 3. The second-order valence-corrected chi connectivity index (χ2v) is 8.82. The number of para-hydroxylation sites is 1. The Morgan fingerprint density at radius 2 is 1.78 bits per heavy atom. The molecule has 10 heteroatoms. The smallest absolute Gasteiger partial charge is 0.258 e. The standard InChI is InChI=1S/C27H27ClN4O5/c1-36-23-9-5-8-22(26(23)37-17-24(33)29-15-18-6-3-2-4-7-18)30-31-27(35)19-14-25(34)32(16-19)21-12-10-20(28)11-13-21/h2-13,19,30H,14-17H2,1H3,(H,29,33)(H,31,35)/t19-/m1/s1. The molecule has 1 heterocycles. The van der Waals surface area contributed by atoms with E-state index in [1.807, 2.05) is 30.3 Å². The zero-order chi connectivity index (χ0) is 26.2. The van der Waals surface area contributed by atoms with Gasteiger partial charge in [0.2, 0.25) is 11.8 Å². The van der Waals surface area contributed by atoms with Gasteiger partial charge in [-0.1, -0.05) is 48.0 Å². The number of hydrogen-bond donors (Lipinski definition) is 3. The third-order valence-electron chi connectivity index (χ3n) is 5.83. The lowest BCUT2D eigenvalue weighted by Crippen LogP contribution is -2.36. The van der Waals surface area contributed by atoms with Crippen molar-refractivity contribution in [2.75, 3.05) is 30.6 Å². The van der Waals surface area contributed by atoms with Gasteiger partial charge in [0, 0.05) is 30.2 Å². The first-order chi connectivity index (χ1) is 17.9. The Hall–Kier alpha value is -4.24. The quantitative estimate of drug-likeness (QED) is 0.351. The lowest BCUT2D eigenvalue weighted by atomic mass is 10.1. The zero-order valence-electron chi connectivity index (χ0n) is 20.2. The fraction of sp³-hybridized carbons (Fsp3) is 0.222. The van der Waals surface area contributed by atoms with E-state index in [0.29, 0.717) is 28.7 Å². The van der Waals surface area contributed by atoms with Crippen LogP contribution in [0.1, 0.15) is 12.0 Å². The van der Waals surface area contributed by atoms with E-state index in [1.165, 1.54) is 7.11 Å². The van der Waals surface area contributed by atoms with Crippen molar-refractivity contribution in [3.05, 3.63) is 83.4 Å². The lowest BCUT2D eigenvalue weighted by Gasteiger charge is -2.18. The molecule has 3 amide bonds. The van der Waals surface area contributed by atoms with Crippen molar-refractivity contribution in [2.45, 2.75) is 13.0 Å². The monoisotopic (exact) mass is 522 g/mol. The predicted molar refractivity (Wildman–Crippen MR) is 140 cm³/mol. The molecular weight excluding hydrogens is 496 g/mol. The molecular formula is C27H27ClN4O5. The zero-order valence-corrected chi connectivity index (χ0v) is 21.0. The van der Waals surface area contributed by atoms with Gasteiger partial charge in [-0.05, 0) is 42.0 Å². The largest absolute Gasteiger partial charge is 0.493 e. The van der Waals surface area contributed by atoms with Crippen LogP contribution >= 0.6 is 11.6 Å². The average molecular weight is 523 g/mol. The molecule has 1 atom stereocenters. The highest BCUT2D eigenvalue weighted by Crippen LogP contribution is 2.35. The number of halogens is 1. The van der Waals surface area contributed by atoms with Gasteiger partial charge in [-0.25, -0.2) is 0 Å². The van der Waals surface area contributed by atoms with Crippen molar-refractivity contribution in [1.29, 1.82) is 0 Å². The van der Waals surface area contributed by atoms with Gasteiger partial charge in [-0.3, -0.25) is 25.2 Å². The molecule has 37 heavy (non-hydrogen) atoms. The van der Waals surface area contributed by atoms with Gasteiger partial charge in [0.25, 0.3) is 5.91 Å². The van der Waals surface area contributed by atoms with Crippen molar-refractivity contribution in [3.63, 3.8) is 0 Å². The molecule has 0 unspecified atom stereocenters. The van der Waals surface area contributed by atoms with Crippen LogP contribution in [0.5, 0.6) is 11.5 Å². The van der Waals surface area contributed by atoms with Gasteiger partial charge in [0.05, 0.1) is 18.7 Å². The van der Waals surface area contributed by atoms with E-state index in [4.69, 9.17) is 21.1 Å². The molecule has 1 aliphatic rings. The summed E-state index contributed by atoms with van der Waals surface area (Å²) in [5, 5.41) is 3.37. The number of anilines is 2. The summed E-state index contributed by atoms with van der Waals surface area (Å²) in [5.41, 5.74) is 7.55. The number of nitrogens with one attached hydrogen (secondary N) is 3. The molecule has 4 rings (SSSR count). The van der Waals surface area contributed by atoms with Gasteiger partial charge in [0.15, 0.2) is 18.1 Å². The minimum absolute atomic E-state index is 0.0825. The fourth-order valence-corrected chi connectivity index (χ4v) is 4.02. The van der Waals surface area contributed by atoms with Gasteiger partial charge >= 0.3 is 0 Å². The van der Waals surface area contributed by atoms with E-state index in [9.17, 15) is 14.4 Å². The highest BCUT2D eigenvalue weighted by molar-refractivity contribution is 6.30. The topological polar surface area (TPSA) is 109 Å². The van der Waals surface area contributed by atoms with E-state index in [-0.39, 0.29) is 43.0 Å². The summed E-state index contributed by atoms with van der Waals surface area (Å²) in [5.74, 6) is -0.690. The molecule has 0 aromatic heterocycles. The molecule has 9 nitrogen and oxygen atoms in total. The van der Waals surface area contributed by atoms with Crippen LogP contribution in [0.25, 0.3) is 0 Å². The molecule has 0 spiro atoms. The van der Waals surface area contributed by atoms with Crippen molar-refractivity contribution >= 4 is 40.7 Å². The number of ether oxygens (including phenoxy) is 2. The fourth-order valence-electron chi connectivity index (χ4n) is 3.89. The summed E-state index contributed by atoms with van der Waals surface area (Å²) in [6, 6.07) is 21.5. The van der Waals surface area contributed by atoms with Crippen LogP contribution in [0.3, 0.4) is 0 Å². The van der Waals surface area contributed by atoms with E-state index in [0.717, 1.165) is 5.56 Å². The molecule has 3 N–H and O–H groups in total. The molecule has 3 aromatic rings. The Morgan fingerprint density at radius 1 is 1.03 bits per heavy atom. The van der Waals surface area contributed by atoms with Gasteiger partial charge < -0.3 is 19.7 Å². The Bertz CT molecular complexity index is 1250. The van der Waals surface area contributed by atoms with Crippen molar-refractivity contribution in [3.8, 4) is 11.5 Å². The van der Waals surface area contributed by atoms with Crippen LogP contribution in [0.4, 0.5) is 11.4 Å². The van der Waals surface area contributed by atoms with Crippen LogP contribution in [-0.2, 0) is 20.9 Å². The Balaban J connectivity index is 1.34. The molecule has 0 bridgehead atoms. The van der Waals surface area contributed by atoms with Crippen LogP contribution in [0.2, 0.25) is 5.02 Å². The number of carbonyl (C=O) groups excluding carboxylic acids is 3. The first kappa shape index (κ1) is 25.8. The summed E-state index contributed by atoms with van der Waals surface area (Å²) in [4.78, 5) is 39.2. The third kappa shape index (κ3) is 6.71. The third-order valence-corrected chi connectivity index (χ3v) is 6.09. The van der Waals surface area contributed by atoms with E-state index >= 15 is 0 Å². The summed E-state index contributed by atoms with van der Waals surface area (Å²) in [7, 11) is 1.48. The van der Waals surface area contributed by atoms with Crippen molar-refractivity contribution in [2.24, 2.45) is 5.92 Å². The van der Waals surface area contributed by atoms with Gasteiger partial charge in [-0.15, -0.1) is 0 Å². The summed E-state index contributed by atoms with van der Waals surface area (Å²) < 4.78 is 11.1. The minimum atomic E-state index is -0.547. The summed E-state index contributed by atoms with van der Waals surface area (Å²) in [6.07, 6.45) is 0.0825. The maximum atomic E-state index is 12.8. The Kier molecular flexibility index (Phi) is 8.48. The number of amides is 3. The van der Waals surface area contributed by atoms with Gasteiger partial charge in [0.1, 0.15) is 0 Å². The molecule has 1 saturated heterocycles. The highest BCUT2D eigenvalue weighted by Gasteiger charge is 2.35. The van der Waals surface area contributed by atoms with E-state index in [2.05, 4.69) is 16.2 Å². The van der Waals surface area contributed by atoms with Crippen LogP contribution in [0, 0.1) is 5.92 Å². The minimum Gasteiger partial charge on any atom is -0.493 e. The van der Waals surface area contributed by atoms with E-state index in [1.54, 1.807) is 47.4 Å². The number of methoxy groups -OCH3 is 1. The molecule has 0 aliphatic carbocycles. The Morgan fingerprint density at radius 3 is 2.51 bits per heavy atom. The molecule has 1 fully saturated rings. The molecule has 3 aromatic carbocycles. The highest BCUT2D eigenvalue weighted by atomic mass is 35.5. The maximum Gasteiger partial charge on any atom is 0.258 e. The number of hydrogen-bond acceptors (Lipinski definition) is 6. The molecule has 0 radical (unpaired) electrons. The van der Waals surface area contributed by atoms with Gasteiger partial charge in [-0.2, -0.15) is 0 Å². The second kappa shape index (κ2) is 12.1. The first-order valence-electron chi connectivity index (χ1n) is 11.7. The van der Waals surface area contributed by atoms with E-state index < -0.39 is 5.92 Å². The summed E-state index contributed by atoms with van der Waals surface area (Å²) in [6.45, 7) is 0.378. The maximum absolute atomic E-state index is 12.8. The lowest BCUT2D eigenvalue weighted by molar-refractivity contribution is -0.126. The van der Waals surface area contributed by atoms with Crippen LogP contribution < -0.4 is 30.5 Å². The average Bonchev–Trinajstić information content (AvgIpc) is 3.32. The molecule has 0 saturated carbocycles. The number of rotatable bonds is 10. The SMILES string of the molecule is COc1cccc(NNC(=O)[C@@H]2CC(=O)N(c3ccc(Cl)cc3)C2)c1OCC(=O)NCc1ccccc1. The predicted octanol–water partition coefficient (Wildman–Crippen LogP) is 3.54. The van der Waals surface area contributed by atoms with Crippen LogP contribution in [-0.4, -0.2) is 38.0 Å². The van der Waals surface area contributed by atoms with Crippen molar-refractivity contribution in [1.82, 2.24) is 10.7 Å². The second-order valence-electron chi connectivity index (χ2n) is 8.38. The number of carbonyl (C=O) groups is 3. The normalized spacial score (nSPS) is 14.7. The van der Waals surface area contributed by atoms with Crippen molar-refractivity contribution < 1.29 is 23.9 Å². The number of nitrogens with zero attached hydrogens (tertiary/aromatic N) is 1. The van der Waals surface area contributed by atoms with Crippen LogP contribution in [0.15, 0.2) is 72.8 Å². The first-order valence-corrected chi connectivity index (χ1v) is 12.0. The molecule has 1 aliphatic heterocycles.